The van der Waals surface area contributed by atoms with Gasteiger partial charge in [-0.1, -0.05) is 13.8 Å². The largest absolute Gasteiger partial charge is 0.335 e. The fourth-order valence-electron chi connectivity index (χ4n) is 1.08. The molecule has 1 heterocycles. The molecule has 0 unspecified atom stereocenters. The molecule has 0 saturated carbocycles. The Hall–Kier alpha value is -0.790. The molecule has 1 rings (SSSR count). The van der Waals surface area contributed by atoms with Crippen molar-refractivity contribution in [3.05, 3.63) is 18.2 Å². The topological polar surface area (TPSA) is 17.8 Å². The molecule has 2 nitrogen and oxygen atoms in total. The van der Waals surface area contributed by atoms with Gasteiger partial charge in [0.25, 0.3) is 0 Å². The highest BCUT2D eigenvalue weighted by Crippen LogP contribution is 2.00. The van der Waals surface area contributed by atoms with Crippen molar-refractivity contribution >= 4 is 0 Å². The normalized spacial score (nSPS) is 10.2. The summed E-state index contributed by atoms with van der Waals surface area (Å²) in [5.41, 5.74) is 1.34. The van der Waals surface area contributed by atoms with Crippen molar-refractivity contribution in [1.82, 2.24) is 9.55 Å². The molecule has 1 aromatic heterocycles. The van der Waals surface area contributed by atoms with Crippen LogP contribution in [0.2, 0.25) is 0 Å². The summed E-state index contributed by atoms with van der Waals surface area (Å²) in [4.78, 5) is 4.07. The second kappa shape index (κ2) is 3.40. The molecule has 0 radical (unpaired) electrons. The van der Waals surface area contributed by atoms with E-state index in [4.69, 9.17) is 0 Å². The maximum atomic E-state index is 4.07. The Bertz CT molecular complexity index is 191. The van der Waals surface area contributed by atoms with Crippen molar-refractivity contribution in [2.75, 3.05) is 0 Å². The van der Waals surface area contributed by atoms with E-state index in [1.165, 1.54) is 12.1 Å². The summed E-state index contributed by atoms with van der Waals surface area (Å²) in [5, 5.41) is 0. The quantitative estimate of drug-likeness (QED) is 0.623. The Balaban J connectivity index is 2.70. The number of imidazole rings is 1. The summed E-state index contributed by atoms with van der Waals surface area (Å²) in [6, 6.07) is 0. The zero-order valence-corrected chi connectivity index (χ0v) is 6.67. The number of aryl methyl sites for hydroxylation is 2. The molecule has 0 amide bonds. The van der Waals surface area contributed by atoms with Gasteiger partial charge >= 0.3 is 0 Å². The molecule has 1 aromatic rings. The van der Waals surface area contributed by atoms with E-state index in [0.717, 1.165) is 13.0 Å². The van der Waals surface area contributed by atoms with Crippen LogP contribution in [0, 0.1) is 0 Å². The first-order valence-corrected chi connectivity index (χ1v) is 3.87. The lowest BCUT2D eigenvalue weighted by atomic mass is 10.3. The summed E-state index contributed by atoms with van der Waals surface area (Å²) < 4.78 is 2.21. The van der Waals surface area contributed by atoms with Crippen LogP contribution in [0.25, 0.3) is 0 Å². The van der Waals surface area contributed by atoms with E-state index in [2.05, 4.69) is 23.4 Å². The molecule has 56 valence electrons. The van der Waals surface area contributed by atoms with Crippen LogP contribution in [-0.2, 0) is 13.0 Å². The summed E-state index contributed by atoms with van der Waals surface area (Å²) in [7, 11) is 0. The Morgan fingerprint density at radius 3 is 2.90 bits per heavy atom. The van der Waals surface area contributed by atoms with E-state index in [1.54, 1.807) is 0 Å². The highest BCUT2D eigenvalue weighted by molar-refractivity contribution is 4.97. The van der Waals surface area contributed by atoms with Crippen molar-refractivity contribution in [1.29, 1.82) is 0 Å². The maximum Gasteiger partial charge on any atom is 0.0948 e. The smallest absolute Gasteiger partial charge is 0.0948 e. The molecule has 0 atom stereocenters. The molecule has 0 aromatic carbocycles. The lowest BCUT2D eigenvalue weighted by Crippen LogP contribution is -1.98. The van der Waals surface area contributed by atoms with Gasteiger partial charge in [-0.15, -0.1) is 0 Å². The van der Waals surface area contributed by atoms with Gasteiger partial charge < -0.3 is 4.57 Å². The van der Waals surface area contributed by atoms with Crippen molar-refractivity contribution in [2.24, 2.45) is 0 Å². The minimum Gasteiger partial charge on any atom is -0.335 e. The highest BCUT2D eigenvalue weighted by Gasteiger charge is 1.95. The van der Waals surface area contributed by atoms with Gasteiger partial charge in [-0.25, -0.2) is 4.98 Å². The zero-order valence-electron chi connectivity index (χ0n) is 6.67. The minimum absolute atomic E-state index is 1.08. The van der Waals surface area contributed by atoms with Gasteiger partial charge in [0.05, 0.1) is 6.33 Å². The minimum atomic E-state index is 1.08. The standard InChI is InChI=1S/C8H14N2/c1-3-5-10-7-9-6-8(10)4-2/h6-7H,3-5H2,1-2H3. The first-order valence-electron chi connectivity index (χ1n) is 3.87. The summed E-state index contributed by atoms with van der Waals surface area (Å²) in [6.45, 7) is 5.44. The lowest BCUT2D eigenvalue weighted by molar-refractivity contribution is 0.650. The third-order valence-corrected chi connectivity index (χ3v) is 1.63. The van der Waals surface area contributed by atoms with E-state index >= 15 is 0 Å². The van der Waals surface area contributed by atoms with Crippen LogP contribution in [0.15, 0.2) is 12.5 Å². The van der Waals surface area contributed by atoms with Gasteiger partial charge in [-0.3, -0.25) is 0 Å². The fourth-order valence-corrected chi connectivity index (χ4v) is 1.08. The van der Waals surface area contributed by atoms with Gasteiger partial charge in [-0.05, 0) is 12.8 Å². The monoisotopic (exact) mass is 138 g/mol. The van der Waals surface area contributed by atoms with Crippen molar-refractivity contribution < 1.29 is 0 Å². The Kier molecular flexibility index (Phi) is 2.49. The Morgan fingerprint density at radius 2 is 2.30 bits per heavy atom. The molecule has 0 saturated heterocycles. The van der Waals surface area contributed by atoms with Crippen molar-refractivity contribution in [3.63, 3.8) is 0 Å². The first-order chi connectivity index (χ1) is 4.88. The predicted molar refractivity (Wildman–Crippen MR) is 41.9 cm³/mol. The number of nitrogens with zero attached hydrogens (tertiary/aromatic N) is 2. The van der Waals surface area contributed by atoms with Gasteiger partial charge in [0.1, 0.15) is 0 Å². The predicted octanol–water partition coefficient (Wildman–Crippen LogP) is 1.86. The van der Waals surface area contributed by atoms with E-state index in [-0.39, 0.29) is 0 Å². The SMILES string of the molecule is CCCn1cncc1CC. The third kappa shape index (κ3) is 1.38. The molecule has 0 spiro atoms. The molecule has 0 bridgehead atoms. The molecule has 2 heteroatoms. The molecule has 0 aliphatic heterocycles. The average Bonchev–Trinajstić information content (AvgIpc) is 2.36. The zero-order chi connectivity index (χ0) is 7.40. The number of hydrogen-bond donors (Lipinski definition) is 0. The maximum absolute atomic E-state index is 4.07. The van der Waals surface area contributed by atoms with Crippen LogP contribution in [0.3, 0.4) is 0 Å². The number of hydrogen-bond acceptors (Lipinski definition) is 1. The van der Waals surface area contributed by atoms with Gasteiger partial charge in [0, 0.05) is 18.4 Å². The molecule has 0 aliphatic carbocycles. The van der Waals surface area contributed by atoms with Crippen molar-refractivity contribution in [3.8, 4) is 0 Å². The van der Waals surface area contributed by atoms with Crippen LogP contribution in [-0.4, -0.2) is 9.55 Å². The van der Waals surface area contributed by atoms with Crippen LogP contribution in [0.4, 0.5) is 0 Å². The number of rotatable bonds is 3. The van der Waals surface area contributed by atoms with Gasteiger partial charge in [0.15, 0.2) is 0 Å². The highest BCUT2D eigenvalue weighted by atomic mass is 15.0. The summed E-state index contributed by atoms with van der Waals surface area (Å²) in [6.07, 6.45) is 6.11. The fraction of sp³-hybridized carbons (Fsp3) is 0.625. The second-order valence-corrected chi connectivity index (χ2v) is 2.43. The molecular formula is C8H14N2. The van der Waals surface area contributed by atoms with Gasteiger partial charge in [-0.2, -0.15) is 0 Å². The summed E-state index contributed by atoms with van der Waals surface area (Å²) in [5.74, 6) is 0. The number of aromatic nitrogens is 2. The van der Waals surface area contributed by atoms with Crippen LogP contribution < -0.4 is 0 Å². The van der Waals surface area contributed by atoms with Crippen molar-refractivity contribution in [2.45, 2.75) is 33.2 Å². The van der Waals surface area contributed by atoms with E-state index in [9.17, 15) is 0 Å². The summed E-state index contributed by atoms with van der Waals surface area (Å²) >= 11 is 0. The Labute approximate surface area is 61.9 Å². The van der Waals surface area contributed by atoms with Crippen LogP contribution in [0.5, 0.6) is 0 Å². The van der Waals surface area contributed by atoms with E-state index < -0.39 is 0 Å². The van der Waals surface area contributed by atoms with Gasteiger partial charge in [0.2, 0.25) is 0 Å². The lowest BCUT2D eigenvalue weighted by Gasteiger charge is -2.02. The first kappa shape index (κ1) is 7.32. The van der Waals surface area contributed by atoms with Crippen LogP contribution in [0.1, 0.15) is 26.0 Å². The van der Waals surface area contributed by atoms with E-state index in [1.807, 2.05) is 12.5 Å². The third-order valence-electron chi connectivity index (χ3n) is 1.63. The second-order valence-electron chi connectivity index (χ2n) is 2.43. The molecule has 10 heavy (non-hydrogen) atoms. The van der Waals surface area contributed by atoms with E-state index in [0.29, 0.717) is 0 Å². The average molecular weight is 138 g/mol. The molecular weight excluding hydrogens is 124 g/mol. The molecule has 0 N–H and O–H groups in total. The van der Waals surface area contributed by atoms with Crippen LogP contribution >= 0.6 is 0 Å². The molecule has 0 fully saturated rings. The molecule has 0 aliphatic rings. The Morgan fingerprint density at radius 1 is 1.50 bits per heavy atom.